The molecule has 1 atom stereocenters. The molecule has 1 aliphatic rings. The fourth-order valence-electron chi connectivity index (χ4n) is 2.43. The zero-order valence-corrected chi connectivity index (χ0v) is 12.0. The van der Waals surface area contributed by atoms with Crippen molar-refractivity contribution < 1.29 is 9.47 Å². The summed E-state index contributed by atoms with van der Waals surface area (Å²) in [5.74, 6) is 2.08. The largest absolute Gasteiger partial charge is 0.474 e. The van der Waals surface area contributed by atoms with Gasteiger partial charge in [-0.15, -0.1) is 0 Å². The van der Waals surface area contributed by atoms with Gasteiger partial charge < -0.3 is 14.4 Å². The molecule has 0 bridgehead atoms. The maximum Gasteiger partial charge on any atom is 0.234 e. The lowest BCUT2D eigenvalue weighted by atomic mass is 9.99. The molecule has 5 nitrogen and oxygen atoms in total. The molecule has 1 unspecified atom stereocenters. The third-order valence-corrected chi connectivity index (χ3v) is 3.20. The Hall–Kier alpha value is -1.36. The second-order valence-corrected chi connectivity index (χ2v) is 5.29. The van der Waals surface area contributed by atoms with Crippen LogP contribution in [0.4, 0.5) is 5.82 Å². The van der Waals surface area contributed by atoms with Gasteiger partial charge in [0.15, 0.2) is 5.82 Å². The molecule has 0 aliphatic carbocycles. The highest BCUT2D eigenvalue weighted by molar-refractivity contribution is 5.38. The van der Waals surface area contributed by atoms with Crippen LogP contribution in [0.15, 0.2) is 12.4 Å². The summed E-state index contributed by atoms with van der Waals surface area (Å²) >= 11 is 0. The van der Waals surface area contributed by atoms with Gasteiger partial charge in [0.05, 0.1) is 25.1 Å². The van der Waals surface area contributed by atoms with E-state index in [1.165, 1.54) is 12.8 Å². The third kappa shape index (κ3) is 4.06. The quantitative estimate of drug-likeness (QED) is 0.816. The molecule has 1 fully saturated rings. The van der Waals surface area contributed by atoms with Gasteiger partial charge in [-0.1, -0.05) is 0 Å². The van der Waals surface area contributed by atoms with Crippen molar-refractivity contribution in [2.24, 2.45) is 5.92 Å². The summed E-state index contributed by atoms with van der Waals surface area (Å²) in [5.41, 5.74) is 0. The Labute approximate surface area is 115 Å². The monoisotopic (exact) mass is 265 g/mol. The maximum absolute atomic E-state index is 5.60. The average molecular weight is 265 g/mol. The van der Waals surface area contributed by atoms with Crippen LogP contribution in [0.1, 0.15) is 26.7 Å². The van der Waals surface area contributed by atoms with Crippen LogP contribution in [0, 0.1) is 5.92 Å². The zero-order valence-electron chi connectivity index (χ0n) is 12.0. The minimum atomic E-state index is 0.118. The Morgan fingerprint density at radius 1 is 1.42 bits per heavy atom. The topological polar surface area (TPSA) is 47.5 Å². The Bertz CT molecular complexity index is 396. The van der Waals surface area contributed by atoms with Gasteiger partial charge in [-0.2, -0.15) is 4.98 Å². The molecule has 0 N–H and O–H groups in total. The molecule has 1 aromatic heterocycles. The highest BCUT2D eigenvalue weighted by Crippen LogP contribution is 2.22. The molecule has 1 saturated heterocycles. The summed E-state index contributed by atoms with van der Waals surface area (Å²) in [5, 5.41) is 0. The van der Waals surface area contributed by atoms with E-state index >= 15 is 0 Å². The summed E-state index contributed by atoms with van der Waals surface area (Å²) < 4.78 is 10.8. The summed E-state index contributed by atoms with van der Waals surface area (Å²) in [7, 11) is 1.76. The van der Waals surface area contributed by atoms with E-state index in [0.29, 0.717) is 11.8 Å². The lowest BCUT2D eigenvalue weighted by Gasteiger charge is -2.33. The molecule has 0 amide bonds. The van der Waals surface area contributed by atoms with Crippen LogP contribution in [-0.2, 0) is 4.74 Å². The first-order valence-corrected chi connectivity index (χ1v) is 6.91. The van der Waals surface area contributed by atoms with Crippen LogP contribution in [0.2, 0.25) is 0 Å². The second kappa shape index (κ2) is 6.70. The van der Waals surface area contributed by atoms with Crippen molar-refractivity contribution in [3.8, 4) is 5.88 Å². The smallest absolute Gasteiger partial charge is 0.234 e. The Kier molecular flexibility index (Phi) is 4.96. The SMILES string of the molecule is COCC1CCCN(c2cncc(OC(C)C)n2)C1. The Morgan fingerprint density at radius 2 is 2.26 bits per heavy atom. The van der Waals surface area contributed by atoms with Crippen LogP contribution in [0.3, 0.4) is 0 Å². The molecule has 2 rings (SSSR count). The molecule has 5 heteroatoms. The van der Waals surface area contributed by atoms with E-state index < -0.39 is 0 Å². The van der Waals surface area contributed by atoms with E-state index in [9.17, 15) is 0 Å². The lowest BCUT2D eigenvalue weighted by molar-refractivity contribution is 0.143. The van der Waals surface area contributed by atoms with Crippen molar-refractivity contribution in [3.63, 3.8) is 0 Å². The molecule has 0 aromatic carbocycles. The molecular formula is C14H23N3O2. The van der Waals surface area contributed by atoms with Crippen molar-refractivity contribution in [2.75, 3.05) is 31.7 Å². The van der Waals surface area contributed by atoms with Crippen LogP contribution < -0.4 is 9.64 Å². The summed E-state index contributed by atoms with van der Waals surface area (Å²) in [6.07, 6.45) is 5.99. The molecule has 0 radical (unpaired) electrons. The molecule has 1 aromatic rings. The van der Waals surface area contributed by atoms with Gasteiger partial charge in [-0.3, -0.25) is 4.98 Å². The highest BCUT2D eigenvalue weighted by atomic mass is 16.5. The maximum atomic E-state index is 5.60. The molecule has 0 spiro atoms. The van der Waals surface area contributed by atoms with Gasteiger partial charge in [-0.25, -0.2) is 0 Å². The summed E-state index contributed by atoms with van der Waals surface area (Å²) in [6, 6.07) is 0. The standard InChI is InChI=1S/C14H23N3O2/c1-11(2)19-14-8-15-7-13(16-14)17-6-4-5-12(9-17)10-18-3/h7-8,11-12H,4-6,9-10H2,1-3H3. The van der Waals surface area contributed by atoms with Crippen molar-refractivity contribution in [3.05, 3.63) is 12.4 Å². The van der Waals surface area contributed by atoms with Crippen LogP contribution in [0.5, 0.6) is 5.88 Å². The van der Waals surface area contributed by atoms with Gasteiger partial charge in [0.25, 0.3) is 0 Å². The number of aromatic nitrogens is 2. The molecule has 2 heterocycles. The minimum absolute atomic E-state index is 0.118. The van der Waals surface area contributed by atoms with Gasteiger partial charge in [-0.05, 0) is 32.6 Å². The summed E-state index contributed by atoms with van der Waals surface area (Å²) in [4.78, 5) is 11.0. The first-order chi connectivity index (χ1) is 9.19. The minimum Gasteiger partial charge on any atom is -0.474 e. The van der Waals surface area contributed by atoms with Crippen LogP contribution in [0.25, 0.3) is 0 Å². The van der Waals surface area contributed by atoms with Gasteiger partial charge in [0.1, 0.15) is 0 Å². The van der Waals surface area contributed by atoms with Gasteiger partial charge in [0, 0.05) is 20.2 Å². The number of rotatable bonds is 5. The normalized spacial score (nSPS) is 19.8. The predicted octanol–water partition coefficient (Wildman–Crippen LogP) is 2.13. The number of nitrogens with zero attached hydrogens (tertiary/aromatic N) is 3. The van der Waals surface area contributed by atoms with Gasteiger partial charge in [0.2, 0.25) is 5.88 Å². The second-order valence-electron chi connectivity index (χ2n) is 5.29. The number of methoxy groups -OCH3 is 1. The average Bonchev–Trinajstić information content (AvgIpc) is 2.39. The number of anilines is 1. The van der Waals surface area contributed by atoms with E-state index in [-0.39, 0.29) is 6.10 Å². The van der Waals surface area contributed by atoms with Gasteiger partial charge >= 0.3 is 0 Å². The predicted molar refractivity (Wildman–Crippen MR) is 74.6 cm³/mol. The highest BCUT2D eigenvalue weighted by Gasteiger charge is 2.21. The summed E-state index contributed by atoms with van der Waals surface area (Å²) in [6.45, 7) is 6.80. The molecule has 106 valence electrons. The van der Waals surface area contributed by atoms with Crippen LogP contribution >= 0.6 is 0 Å². The zero-order chi connectivity index (χ0) is 13.7. The number of piperidine rings is 1. The van der Waals surface area contributed by atoms with Crippen molar-refractivity contribution >= 4 is 5.82 Å². The molecule has 0 saturated carbocycles. The van der Waals surface area contributed by atoms with E-state index in [2.05, 4.69) is 14.9 Å². The molecule has 19 heavy (non-hydrogen) atoms. The number of hydrogen-bond donors (Lipinski definition) is 0. The first-order valence-electron chi connectivity index (χ1n) is 6.91. The Balaban J connectivity index is 2.04. The third-order valence-electron chi connectivity index (χ3n) is 3.20. The van der Waals surface area contributed by atoms with Crippen molar-refractivity contribution in [1.29, 1.82) is 0 Å². The van der Waals surface area contributed by atoms with E-state index in [4.69, 9.17) is 9.47 Å². The van der Waals surface area contributed by atoms with Crippen molar-refractivity contribution in [2.45, 2.75) is 32.8 Å². The fraction of sp³-hybridized carbons (Fsp3) is 0.714. The van der Waals surface area contributed by atoms with Crippen molar-refractivity contribution in [1.82, 2.24) is 9.97 Å². The van der Waals surface area contributed by atoms with E-state index in [1.807, 2.05) is 20.0 Å². The van der Waals surface area contributed by atoms with E-state index in [0.717, 1.165) is 25.5 Å². The molecular weight excluding hydrogens is 242 g/mol. The van der Waals surface area contributed by atoms with Crippen LogP contribution in [-0.4, -0.2) is 42.9 Å². The number of hydrogen-bond acceptors (Lipinski definition) is 5. The number of ether oxygens (including phenoxy) is 2. The molecule has 1 aliphatic heterocycles. The Morgan fingerprint density at radius 3 is 3.00 bits per heavy atom. The fourth-order valence-corrected chi connectivity index (χ4v) is 2.43. The lowest BCUT2D eigenvalue weighted by Crippen LogP contribution is -2.37. The first kappa shape index (κ1) is 14.1. The van der Waals surface area contributed by atoms with E-state index in [1.54, 1.807) is 13.3 Å².